The summed E-state index contributed by atoms with van der Waals surface area (Å²) in [7, 11) is 0. The quantitative estimate of drug-likeness (QED) is 0.707. The summed E-state index contributed by atoms with van der Waals surface area (Å²) in [6.45, 7) is 0.377. The molecule has 3 nitrogen and oxygen atoms in total. The lowest BCUT2D eigenvalue weighted by molar-refractivity contribution is 0.174. The topological polar surface area (TPSA) is 24.8 Å². The number of rotatable bonds is 0. The van der Waals surface area contributed by atoms with Crippen molar-refractivity contribution >= 4 is 11.5 Å². The number of halogens is 1. The first-order valence-corrected chi connectivity index (χ1v) is 5.71. The van der Waals surface area contributed by atoms with Crippen LogP contribution in [-0.2, 0) is 4.84 Å². The van der Waals surface area contributed by atoms with Gasteiger partial charge in [0, 0.05) is 11.1 Å². The molecule has 2 aliphatic heterocycles. The Morgan fingerprint density at radius 3 is 2.89 bits per heavy atom. The zero-order valence-corrected chi connectivity index (χ0v) is 9.43. The number of para-hydroxylation sites is 1. The maximum atomic E-state index is 13.4. The predicted octanol–water partition coefficient (Wildman–Crippen LogP) is 2.96. The van der Waals surface area contributed by atoms with Gasteiger partial charge in [-0.1, -0.05) is 29.4 Å². The number of oxime groups is 1. The maximum absolute atomic E-state index is 13.4. The fraction of sp³-hybridized carbons (Fsp3) is 0.0714. The summed E-state index contributed by atoms with van der Waals surface area (Å²) in [6, 6.07) is 12.8. The van der Waals surface area contributed by atoms with Gasteiger partial charge in [0.1, 0.15) is 5.82 Å². The summed E-state index contributed by atoms with van der Waals surface area (Å²) in [5.41, 5.74) is 3.91. The smallest absolute Gasteiger partial charge is 0.195 e. The highest BCUT2D eigenvalue weighted by molar-refractivity contribution is 6.19. The predicted molar refractivity (Wildman–Crippen MR) is 66.8 cm³/mol. The van der Waals surface area contributed by atoms with E-state index in [9.17, 15) is 4.39 Å². The number of benzene rings is 2. The van der Waals surface area contributed by atoms with E-state index in [0.717, 1.165) is 22.4 Å². The Hall–Kier alpha value is -2.36. The summed E-state index contributed by atoms with van der Waals surface area (Å²) >= 11 is 0. The highest BCUT2D eigenvalue weighted by Gasteiger charge is 2.31. The largest absolute Gasteiger partial charge is 0.371 e. The molecule has 0 saturated carbocycles. The van der Waals surface area contributed by atoms with Crippen molar-refractivity contribution in [1.29, 1.82) is 0 Å². The Labute approximate surface area is 103 Å². The normalized spacial score (nSPS) is 15.4. The van der Waals surface area contributed by atoms with E-state index in [1.54, 1.807) is 6.07 Å². The van der Waals surface area contributed by atoms with Crippen molar-refractivity contribution in [3.8, 4) is 11.1 Å². The van der Waals surface area contributed by atoms with Gasteiger partial charge in [-0.15, -0.1) is 0 Å². The molecule has 0 atom stereocenters. The summed E-state index contributed by atoms with van der Waals surface area (Å²) in [4.78, 5) is 7.09. The molecule has 2 aromatic rings. The number of hydrogen-bond donors (Lipinski definition) is 0. The van der Waals surface area contributed by atoms with Gasteiger partial charge < -0.3 is 4.84 Å². The molecule has 2 heterocycles. The molecule has 0 amide bonds. The third kappa shape index (κ3) is 1.14. The molecule has 2 aromatic carbocycles. The molecule has 0 spiro atoms. The van der Waals surface area contributed by atoms with E-state index in [1.807, 2.05) is 29.2 Å². The van der Waals surface area contributed by atoms with E-state index >= 15 is 0 Å². The first-order chi connectivity index (χ1) is 8.84. The monoisotopic (exact) mass is 240 g/mol. The number of hydrogen-bond acceptors (Lipinski definition) is 3. The van der Waals surface area contributed by atoms with Gasteiger partial charge in [0.25, 0.3) is 0 Å². The van der Waals surface area contributed by atoms with Crippen LogP contribution >= 0.6 is 0 Å². The SMILES string of the molecule is Fc1ccc2c(c1)C1=NOCN1c1ccccc1-2. The van der Waals surface area contributed by atoms with E-state index in [4.69, 9.17) is 4.84 Å². The van der Waals surface area contributed by atoms with Gasteiger partial charge in [-0.3, -0.25) is 4.90 Å². The second-order valence-electron chi connectivity index (χ2n) is 4.31. The van der Waals surface area contributed by atoms with Crippen LogP contribution in [0.1, 0.15) is 5.56 Å². The van der Waals surface area contributed by atoms with Gasteiger partial charge in [-0.05, 0) is 23.8 Å². The van der Waals surface area contributed by atoms with Crippen LogP contribution in [-0.4, -0.2) is 12.6 Å². The van der Waals surface area contributed by atoms with Gasteiger partial charge in [-0.2, -0.15) is 0 Å². The third-order valence-electron chi connectivity index (χ3n) is 3.30. The average Bonchev–Trinajstić information content (AvgIpc) is 2.88. The molecule has 0 unspecified atom stereocenters. The standard InChI is InChI=1S/C14H9FN2O/c15-9-5-6-10-11-3-1-2-4-13(11)17-8-18-16-14(17)12(10)7-9/h1-7H,8H2. The molecule has 18 heavy (non-hydrogen) atoms. The lowest BCUT2D eigenvalue weighted by atomic mass is 9.93. The van der Waals surface area contributed by atoms with Crippen LogP contribution < -0.4 is 4.90 Å². The Bertz CT molecular complexity index is 681. The van der Waals surface area contributed by atoms with E-state index in [0.29, 0.717) is 12.6 Å². The highest BCUT2D eigenvalue weighted by Crippen LogP contribution is 2.40. The minimum absolute atomic E-state index is 0.261. The van der Waals surface area contributed by atoms with E-state index in [1.165, 1.54) is 12.1 Å². The molecule has 4 rings (SSSR count). The number of anilines is 1. The van der Waals surface area contributed by atoms with Crippen molar-refractivity contribution in [2.24, 2.45) is 5.16 Å². The molecule has 0 N–H and O–H groups in total. The molecule has 0 saturated heterocycles. The van der Waals surface area contributed by atoms with Crippen LogP contribution in [0.4, 0.5) is 10.1 Å². The van der Waals surface area contributed by atoms with Crippen molar-refractivity contribution < 1.29 is 9.23 Å². The van der Waals surface area contributed by atoms with Crippen LogP contribution in [0.2, 0.25) is 0 Å². The fourth-order valence-corrected chi connectivity index (χ4v) is 2.51. The molecule has 0 aliphatic carbocycles. The molecule has 4 heteroatoms. The second-order valence-corrected chi connectivity index (χ2v) is 4.31. The van der Waals surface area contributed by atoms with Crippen molar-refractivity contribution in [3.63, 3.8) is 0 Å². The molecule has 0 bridgehead atoms. The van der Waals surface area contributed by atoms with Crippen LogP contribution in [0.5, 0.6) is 0 Å². The van der Waals surface area contributed by atoms with Crippen LogP contribution in [0, 0.1) is 5.82 Å². The van der Waals surface area contributed by atoms with Gasteiger partial charge in [0.15, 0.2) is 12.6 Å². The Balaban J connectivity index is 2.08. The van der Waals surface area contributed by atoms with Gasteiger partial charge in [0.2, 0.25) is 0 Å². The molecule has 88 valence electrons. The minimum Gasteiger partial charge on any atom is -0.371 e. The van der Waals surface area contributed by atoms with Crippen LogP contribution in [0.3, 0.4) is 0 Å². The van der Waals surface area contributed by atoms with E-state index < -0.39 is 0 Å². The molecule has 2 aliphatic rings. The summed E-state index contributed by atoms with van der Waals surface area (Å²) in [5.74, 6) is 0.422. The highest BCUT2D eigenvalue weighted by atomic mass is 19.1. The van der Waals surface area contributed by atoms with Gasteiger partial charge in [-0.25, -0.2) is 4.39 Å². The third-order valence-corrected chi connectivity index (χ3v) is 3.30. The van der Waals surface area contributed by atoms with Gasteiger partial charge in [0.05, 0.1) is 5.69 Å². The Morgan fingerprint density at radius 1 is 1.06 bits per heavy atom. The molecular weight excluding hydrogens is 231 g/mol. The molecule has 0 radical (unpaired) electrons. The zero-order chi connectivity index (χ0) is 12.1. The van der Waals surface area contributed by atoms with E-state index in [2.05, 4.69) is 5.16 Å². The zero-order valence-electron chi connectivity index (χ0n) is 9.43. The number of amidine groups is 1. The van der Waals surface area contributed by atoms with E-state index in [-0.39, 0.29) is 5.82 Å². The first-order valence-electron chi connectivity index (χ1n) is 5.71. The Morgan fingerprint density at radius 2 is 1.94 bits per heavy atom. The lowest BCUT2D eigenvalue weighted by Crippen LogP contribution is -2.31. The molecule has 0 fully saturated rings. The fourth-order valence-electron chi connectivity index (χ4n) is 2.51. The Kier molecular flexibility index (Phi) is 1.78. The van der Waals surface area contributed by atoms with Crippen molar-refractivity contribution in [2.75, 3.05) is 11.6 Å². The summed E-state index contributed by atoms with van der Waals surface area (Å²) < 4.78 is 13.4. The van der Waals surface area contributed by atoms with Crippen LogP contribution in [0.25, 0.3) is 11.1 Å². The molecule has 0 aromatic heterocycles. The average molecular weight is 240 g/mol. The second kappa shape index (κ2) is 3.32. The van der Waals surface area contributed by atoms with Crippen molar-refractivity contribution in [2.45, 2.75) is 0 Å². The van der Waals surface area contributed by atoms with Gasteiger partial charge >= 0.3 is 0 Å². The lowest BCUT2D eigenvalue weighted by Gasteiger charge is -2.27. The number of fused-ring (bicyclic) bond motifs is 6. The summed E-state index contributed by atoms with van der Waals surface area (Å²) in [6.07, 6.45) is 0. The maximum Gasteiger partial charge on any atom is 0.195 e. The minimum atomic E-state index is -0.261. The molecular formula is C14H9FN2O. The summed E-state index contributed by atoms with van der Waals surface area (Å²) in [5, 5.41) is 4.01. The van der Waals surface area contributed by atoms with Crippen molar-refractivity contribution in [1.82, 2.24) is 0 Å². The van der Waals surface area contributed by atoms with Crippen molar-refractivity contribution in [3.05, 3.63) is 53.8 Å². The first kappa shape index (κ1) is 9.65. The van der Waals surface area contributed by atoms with Crippen LogP contribution in [0.15, 0.2) is 47.6 Å². The number of nitrogens with zero attached hydrogens (tertiary/aromatic N) is 2.